The second-order valence-electron chi connectivity index (χ2n) is 4.12. The molecule has 3 rings (SSSR count). The molecule has 0 radical (unpaired) electrons. The number of aromatic nitrogens is 2. The van der Waals surface area contributed by atoms with Crippen LogP contribution in [0.3, 0.4) is 0 Å². The lowest BCUT2D eigenvalue weighted by atomic mass is 10.1. The fourth-order valence-electron chi connectivity index (χ4n) is 1.96. The van der Waals surface area contributed by atoms with Gasteiger partial charge in [-0.3, -0.25) is 0 Å². The van der Waals surface area contributed by atoms with E-state index in [1.807, 2.05) is 51.4 Å². The number of rotatable bonds is 1. The van der Waals surface area contributed by atoms with E-state index in [1.54, 1.807) is 0 Å². The molecule has 1 fully saturated rings. The van der Waals surface area contributed by atoms with E-state index in [2.05, 4.69) is 11.1 Å². The zero-order valence-corrected chi connectivity index (χ0v) is 12.2. The van der Waals surface area contributed by atoms with Crippen LogP contribution in [0.5, 0.6) is 0 Å². The fraction of sp³-hybridized carbons (Fsp3) is 0.533. The molecule has 0 spiro atoms. The molecule has 0 amide bonds. The molecule has 0 bridgehead atoms. The Bertz CT molecular complexity index is 496. The molecule has 1 aliphatic rings. The molecule has 2 aromatic rings. The lowest BCUT2D eigenvalue weighted by Crippen LogP contribution is -1.94. The van der Waals surface area contributed by atoms with Crippen molar-refractivity contribution in [2.75, 3.05) is 5.73 Å². The molecular weight excluding hydrogens is 222 g/mol. The largest absolute Gasteiger partial charge is 0.398 e. The van der Waals surface area contributed by atoms with Crippen molar-refractivity contribution in [1.29, 1.82) is 0 Å². The Morgan fingerprint density at radius 2 is 1.78 bits per heavy atom. The maximum Gasteiger partial charge on any atom is 0.140 e. The average molecular weight is 247 g/mol. The van der Waals surface area contributed by atoms with Gasteiger partial charge in [-0.1, -0.05) is 27.7 Å². The number of nitrogens with two attached hydrogens (primary N) is 1. The first-order valence-corrected chi connectivity index (χ1v) is 6.99. The van der Waals surface area contributed by atoms with Crippen molar-refractivity contribution in [2.24, 2.45) is 0 Å². The molecule has 0 unspecified atom stereocenters. The first-order valence-electron chi connectivity index (χ1n) is 6.99. The lowest BCUT2D eigenvalue weighted by Gasteiger charge is -2.03. The van der Waals surface area contributed by atoms with Crippen LogP contribution in [0.2, 0.25) is 0 Å². The Balaban J connectivity index is 0.000000371. The van der Waals surface area contributed by atoms with E-state index in [0.29, 0.717) is 5.92 Å². The second kappa shape index (κ2) is 6.43. The van der Waals surface area contributed by atoms with Crippen LogP contribution < -0.4 is 5.73 Å². The summed E-state index contributed by atoms with van der Waals surface area (Å²) in [7, 11) is 0. The van der Waals surface area contributed by atoms with E-state index in [-0.39, 0.29) is 0 Å². The van der Waals surface area contributed by atoms with Gasteiger partial charge in [-0.2, -0.15) is 0 Å². The van der Waals surface area contributed by atoms with Crippen molar-refractivity contribution >= 4 is 11.3 Å². The van der Waals surface area contributed by atoms with Gasteiger partial charge >= 0.3 is 0 Å². The summed E-state index contributed by atoms with van der Waals surface area (Å²) >= 11 is 0. The molecule has 0 aromatic carbocycles. The number of pyridine rings is 1. The molecule has 2 aromatic heterocycles. The van der Waals surface area contributed by atoms with E-state index in [1.165, 1.54) is 18.4 Å². The van der Waals surface area contributed by atoms with Gasteiger partial charge in [0, 0.05) is 23.6 Å². The Hall–Kier alpha value is -1.51. The zero-order valence-electron chi connectivity index (χ0n) is 12.2. The first kappa shape index (κ1) is 14.6. The summed E-state index contributed by atoms with van der Waals surface area (Å²) in [5.41, 5.74) is 10.1. The van der Waals surface area contributed by atoms with Gasteiger partial charge < -0.3 is 10.1 Å². The van der Waals surface area contributed by atoms with E-state index < -0.39 is 0 Å². The van der Waals surface area contributed by atoms with Crippen LogP contribution >= 0.6 is 0 Å². The maximum atomic E-state index is 5.85. The Morgan fingerprint density at radius 3 is 2.33 bits per heavy atom. The number of hydrogen-bond donors (Lipinski definition) is 1. The highest BCUT2D eigenvalue weighted by molar-refractivity contribution is 5.58. The first-order chi connectivity index (χ1) is 8.74. The lowest BCUT2D eigenvalue weighted by molar-refractivity contribution is 1.08. The monoisotopic (exact) mass is 247 g/mol. The summed E-state index contributed by atoms with van der Waals surface area (Å²) in [6.07, 6.45) is 6.52. The molecule has 0 aliphatic heterocycles. The van der Waals surface area contributed by atoms with Crippen LogP contribution in [-0.4, -0.2) is 9.38 Å². The highest BCUT2D eigenvalue weighted by Gasteiger charge is 2.26. The topological polar surface area (TPSA) is 43.3 Å². The van der Waals surface area contributed by atoms with Crippen LogP contribution in [0, 0.1) is 6.92 Å². The highest BCUT2D eigenvalue weighted by Crippen LogP contribution is 2.42. The molecule has 3 heteroatoms. The van der Waals surface area contributed by atoms with Crippen molar-refractivity contribution < 1.29 is 0 Å². The third-order valence-electron chi connectivity index (χ3n) is 2.74. The molecular formula is C15H25N3. The van der Waals surface area contributed by atoms with Gasteiger partial charge in [-0.15, -0.1) is 0 Å². The summed E-state index contributed by atoms with van der Waals surface area (Å²) in [6.45, 7) is 10.0. The van der Waals surface area contributed by atoms with Crippen LogP contribution in [0.1, 0.15) is 57.7 Å². The minimum Gasteiger partial charge on any atom is -0.398 e. The number of aryl methyl sites for hydroxylation is 1. The number of hydrogen-bond acceptors (Lipinski definition) is 2. The number of nitrogens with zero attached hydrogens (tertiary/aromatic N) is 2. The van der Waals surface area contributed by atoms with E-state index in [0.717, 1.165) is 17.0 Å². The number of fused-ring (bicyclic) bond motifs is 1. The van der Waals surface area contributed by atoms with Gasteiger partial charge in [0.05, 0.1) is 5.69 Å². The zero-order chi connectivity index (χ0) is 13.7. The van der Waals surface area contributed by atoms with Crippen LogP contribution in [0.25, 0.3) is 5.65 Å². The Labute approximate surface area is 110 Å². The van der Waals surface area contributed by atoms with E-state index in [4.69, 9.17) is 5.73 Å². The summed E-state index contributed by atoms with van der Waals surface area (Å²) in [6, 6.07) is 2.07. The van der Waals surface area contributed by atoms with Crippen LogP contribution in [-0.2, 0) is 0 Å². The molecule has 3 nitrogen and oxygen atoms in total. The average Bonchev–Trinajstić information content (AvgIpc) is 3.16. The van der Waals surface area contributed by atoms with Gasteiger partial charge in [-0.25, -0.2) is 4.98 Å². The molecule has 0 atom stereocenters. The third-order valence-corrected chi connectivity index (χ3v) is 2.74. The van der Waals surface area contributed by atoms with Crippen molar-refractivity contribution in [3.63, 3.8) is 0 Å². The Morgan fingerprint density at radius 1 is 1.17 bits per heavy atom. The van der Waals surface area contributed by atoms with Gasteiger partial charge in [0.2, 0.25) is 0 Å². The molecule has 100 valence electrons. The van der Waals surface area contributed by atoms with Crippen molar-refractivity contribution in [3.8, 4) is 0 Å². The number of nitrogen functional groups attached to an aromatic ring is 1. The molecule has 18 heavy (non-hydrogen) atoms. The molecule has 2 heterocycles. The normalized spacial score (nSPS) is 13.4. The number of imidazole rings is 1. The summed E-state index contributed by atoms with van der Waals surface area (Å²) in [5.74, 6) is 0.697. The van der Waals surface area contributed by atoms with Gasteiger partial charge in [0.25, 0.3) is 0 Å². The Kier molecular flexibility index (Phi) is 5.20. The van der Waals surface area contributed by atoms with Gasteiger partial charge in [0.15, 0.2) is 0 Å². The fourth-order valence-corrected chi connectivity index (χ4v) is 1.96. The predicted molar refractivity (Wildman–Crippen MR) is 79.0 cm³/mol. The standard InChI is InChI=1S/C11H13N3.2C2H6/c1-7-5-14-6-9(12)4-10(8-2-3-8)11(14)13-7;2*1-2/h4-6,8H,2-3,12H2,1H3;2*1-2H3. The minimum absolute atomic E-state index is 0.697. The SMILES string of the molecule is CC.CC.Cc1cn2cc(N)cc(C3CC3)c2n1. The van der Waals surface area contributed by atoms with Crippen molar-refractivity contribution in [1.82, 2.24) is 9.38 Å². The molecule has 0 saturated heterocycles. The smallest absolute Gasteiger partial charge is 0.140 e. The molecule has 1 aliphatic carbocycles. The van der Waals surface area contributed by atoms with Crippen molar-refractivity contribution in [2.45, 2.75) is 53.4 Å². The summed E-state index contributed by atoms with van der Waals surface area (Å²) < 4.78 is 2.04. The van der Waals surface area contributed by atoms with Gasteiger partial charge in [0.1, 0.15) is 5.65 Å². The predicted octanol–water partition coefficient (Wildman–Crippen LogP) is 4.15. The van der Waals surface area contributed by atoms with Gasteiger partial charge in [-0.05, 0) is 31.7 Å². The minimum atomic E-state index is 0.697. The van der Waals surface area contributed by atoms with Crippen LogP contribution in [0.4, 0.5) is 5.69 Å². The molecule has 1 saturated carbocycles. The summed E-state index contributed by atoms with van der Waals surface area (Å²) in [5, 5.41) is 0. The molecule has 2 N–H and O–H groups in total. The quantitative estimate of drug-likeness (QED) is 0.822. The van der Waals surface area contributed by atoms with E-state index in [9.17, 15) is 0 Å². The van der Waals surface area contributed by atoms with E-state index >= 15 is 0 Å². The second-order valence-corrected chi connectivity index (χ2v) is 4.12. The summed E-state index contributed by atoms with van der Waals surface area (Å²) in [4.78, 5) is 4.52. The van der Waals surface area contributed by atoms with Crippen LogP contribution in [0.15, 0.2) is 18.5 Å². The maximum absolute atomic E-state index is 5.85. The highest BCUT2D eigenvalue weighted by atomic mass is 15.0. The van der Waals surface area contributed by atoms with Crippen molar-refractivity contribution in [3.05, 3.63) is 29.7 Å². The number of anilines is 1. The third kappa shape index (κ3) is 3.03.